The van der Waals surface area contributed by atoms with Gasteiger partial charge in [-0.3, -0.25) is 4.68 Å². The fraction of sp³-hybridized carbons (Fsp3) is 0.438. The van der Waals surface area contributed by atoms with Crippen molar-refractivity contribution in [2.45, 2.75) is 25.7 Å². The molecule has 2 heterocycles. The molecule has 2 aromatic rings. The Balaban J connectivity index is 1.63. The Labute approximate surface area is 141 Å². The zero-order valence-corrected chi connectivity index (χ0v) is 14.3. The smallest absolute Gasteiger partial charge is 0.214 e. The lowest BCUT2D eigenvalue weighted by Crippen LogP contribution is -2.32. The van der Waals surface area contributed by atoms with E-state index in [1.165, 1.54) is 4.31 Å². The van der Waals surface area contributed by atoms with Gasteiger partial charge in [0.25, 0.3) is 0 Å². The van der Waals surface area contributed by atoms with Crippen molar-refractivity contribution in [3.63, 3.8) is 0 Å². The summed E-state index contributed by atoms with van der Waals surface area (Å²) in [4.78, 5) is 0. The molecule has 0 unspecified atom stereocenters. The van der Waals surface area contributed by atoms with Gasteiger partial charge in [-0.1, -0.05) is 30.3 Å². The minimum atomic E-state index is -3.32. The van der Waals surface area contributed by atoms with Gasteiger partial charge in [0.2, 0.25) is 10.0 Å². The largest absolute Gasteiger partial charge is 0.483 e. The molecular weight excluding hydrogens is 330 g/mol. The molecule has 1 saturated heterocycles. The number of aliphatic hydroxyl groups is 1. The number of β-amino-alcohol motifs (C(OH)–C–C–N with tert-alkyl or cyclic N) is 1. The van der Waals surface area contributed by atoms with Gasteiger partial charge in [-0.15, -0.1) is 0 Å². The fourth-order valence-corrected chi connectivity index (χ4v) is 3.80. The molecule has 1 aliphatic rings. The fourth-order valence-electron chi connectivity index (χ4n) is 2.69. The summed E-state index contributed by atoms with van der Waals surface area (Å²) in [5.74, 6) is 0.535. The van der Waals surface area contributed by atoms with Gasteiger partial charge in [-0.05, 0) is 12.5 Å². The molecule has 0 saturated carbocycles. The van der Waals surface area contributed by atoms with E-state index in [0.717, 1.165) is 5.56 Å². The maximum Gasteiger partial charge on any atom is 0.214 e. The van der Waals surface area contributed by atoms with E-state index in [1.807, 2.05) is 30.3 Å². The molecule has 0 aliphatic carbocycles. The van der Waals surface area contributed by atoms with Crippen molar-refractivity contribution in [2.75, 3.05) is 18.8 Å². The van der Waals surface area contributed by atoms with E-state index in [4.69, 9.17) is 4.74 Å². The molecular formula is C16H21N3O4S. The molecule has 0 radical (unpaired) electrons. The van der Waals surface area contributed by atoms with Gasteiger partial charge in [0.15, 0.2) is 5.75 Å². The Morgan fingerprint density at radius 2 is 2.04 bits per heavy atom. The normalized spacial score (nSPS) is 21.9. The lowest BCUT2D eigenvalue weighted by molar-refractivity contribution is 0.0737. The predicted molar refractivity (Wildman–Crippen MR) is 89.2 cm³/mol. The summed E-state index contributed by atoms with van der Waals surface area (Å²) >= 11 is 0. The van der Waals surface area contributed by atoms with Crippen LogP contribution in [0.1, 0.15) is 12.5 Å². The highest BCUT2D eigenvalue weighted by Gasteiger charge is 2.38. The second-order valence-corrected chi connectivity index (χ2v) is 8.06. The maximum atomic E-state index is 11.9. The first-order chi connectivity index (χ1) is 11.5. The van der Waals surface area contributed by atoms with Crippen LogP contribution in [0.3, 0.4) is 0 Å². The Bertz CT molecular complexity index is 776. The Morgan fingerprint density at radius 1 is 1.29 bits per heavy atom. The highest BCUT2D eigenvalue weighted by atomic mass is 32.2. The zero-order valence-electron chi connectivity index (χ0n) is 13.4. The summed E-state index contributed by atoms with van der Waals surface area (Å²) in [6.45, 7) is 2.43. The molecule has 3 rings (SSSR count). The van der Waals surface area contributed by atoms with Gasteiger partial charge in [0.05, 0.1) is 31.2 Å². The molecule has 1 N–H and O–H groups in total. The lowest BCUT2D eigenvalue weighted by atomic mass is 10.2. The first-order valence-corrected chi connectivity index (χ1v) is 9.48. The number of aromatic nitrogens is 2. The first-order valence-electron chi connectivity index (χ1n) is 7.87. The number of aliphatic hydroxyl groups excluding tert-OH is 1. The minimum absolute atomic E-state index is 0.0153. The van der Waals surface area contributed by atoms with Crippen molar-refractivity contribution in [3.05, 3.63) is 48.3 Å². The van der Waals surface area contributed by atoms with Crippen molar-refractivity contribution in [1.29, 1.82) is 0 Å². The molecule has 0 bridgehead atoms. The second-order valence-electron chi connectivity index (χ2n) is 5.80. The monoisotopic (exact) mass is 351 g/mol. The number of nitrogens with zero attached hydrogens (tertiary/aromatic N) is 3. The summed E-state index contributed by atoms with van der Waals surface area (Å²) in [7, 11) is -3.32. The van der Waals surface area contributed by atoms with Gasteiger partial charge >= 0.3 is 0 Å². The number of sulfonamides is 1. The summed E-state index contributed by atoms with van der Waals surface area (Å²) < 4.78 is 32.5. The summed E-state index contributed by atoms with van der Waals surface area (Å²) in [5, 5.41) is 14.3. The summed E-state index contributed by atoms with van der Waals surface area (Å²) in [6.07, 6.45) is 1.90. The zero-order chi connectivity index (χ0) is 17.2. The van der Waals surface area contributed by atoms with Gasteiger partial charge < -0.3 is 9.84 Å². The topological polar surface area (TPSA) is 84.7 Å². The van der Waals surface area contributed by atoms with Crippen LogP contribution < -0.4 is 4.74 Å². The van der Waals surface area contributed by atoms with E-state index in [0.29, 0.717) is 12.3 Å². The second kappa shape index (κ2) is 6.92. The Hall–Kier alpha value is -1.90. The van der Waals surface area contributed by atoms with Crippen molar-refractivity contribution in [1.82, 2.24) is 14.1 Å². The molecule has 2 atom stereocenters. The average Bonchev–Trinajstić information content (AvgIpc) is 3.16. The number of hydrogen-bond donors (Lipinski definition) is 1. The molecule has 24 heavy (non-hydrogen) atoms. The van der Waals surface area contributed by atoms with Crippen molar-refractivity contribution >= 4 is 10.0 Å². The maximum absolute atomic E-state index is 11.9. The molecule has 1 aromatic carbocycles. The molecule has 0 spiro atoms. The standard InChI is InChI=1S/C16H21N3O4S/c1-2-24(21,22)19-11-15(20)16(12-19)23-14-8-17-18(10-14)9-13-6-4-3-5-7-13/h3-8,10,15-16,20H,2,9,11-12H2,1H3/t15-,16-/m1/s1. The number of hydrogen-bond acceptors (Lipinski definition) is 5. The van der Waals surface area contributed by atoms with E-state index in [-0.39, 0.29) is 18.8 Å². The van der Waals surface area contributed by atoms with E-state index < -0.39 is 22.2 Å². The van der Waals surface area contributed by atoms with E-state index >= 15 is 0 Å². The van der Waals surface area contributed by atoms with Gasteiger partial charge in [0, 0.05) is 6.54 Å². The highest BCUT2D eigenvalue weighted by molar-refractivity contribution is 7.89. The molecule has 1 aliphatic heterocycles. The molecule has 7 nitrogen and oxygen atoms in total. The van der Waals surface area contributed by atoms with E-state index in [2.05, 4.69) is 5.10 Å². The van der Waals surface area contributed by atoms with Crippen LogP contribution in [0, 0.1) is 0 Å². The van der Waals surface area contributed by atoms with Gasteiger partial charge in [-0.25, -0.2) is 8.42 Å². The van der Waals surface area contributed by atoms with Crippen LogP contribution in [-0.2, 0) is 16.6 Å². The third-order valence-electron chi connectivity index (χ3n) is 4.05. The summed E-state index contributed by atoms with van der Waals surface area (Å²) in [5.41, 5.74) is 1.12. The number of benzene rings is 1. The van der Waals surface area contributed by atoms with Crippen molar-refractivity contribution in [3.8, 4) is 5.75 Å². The highest BCUT2D eigenvalue weighted by Crippen LogP contribution is 2.21. The van der Waals surface area contributed by atoms with Crippen molar-refractivity contribution < 1.29 is 18.3 Å². The van der Waals surface area contributed by atoms with E-state index in [9.17, 15) is 13.5 Å². The van der Waals surface area contributed by atoms with Crippen LogP contribution in [-0.4, -0.2) is 58.7 Å². The van der Waals surface area contributed by atoms with Crippen LogP contribution in [0.25, 0.3) is 0 Å². The minimum Gasteiger partial charge on any atom is -0.483 e. The number of rotatable bonds is 6. The van der Waals surface area contributed by atoms with E-state index in [1.54, 1.807) is 24.0 Å². The summed E-state index contributed by atoms with van der Waals surface area (Å²) in [6, 6.07) is 9.91. The number of ether oxygens (including phenoxy) is 1. The molecule has 8 heteroatoms. The van der Waals surface area contributed by atoms with Crippen molar-refractivity contribution in [2.24, 2.45) is 0 Å². The molecule has 1 aromatic heterocycles. The van der Waals surface area contributed by atoms with Crippen LogP contribution in [0.4, 0.5) is 0 Å². The Morgan fingerprint density at radius 3 is 2.75 bits per heavy atom. The van der Waals surface area contributed by atoms with Crippen LogP contribution in [0.15, 0.2) is 42.7 Å². The van der Waals surface area contributed by atoms with Gasteiger partial charge in [0.1, 0.15) is 12.2 Å². The third kappa shape index (κ3) is 3.77. The molecule has 130 valence electrons. The van der Waals surface area contributed by atoms with Crippen LogP contribution in [0.5, 0.6) is 5.75 Å². The Kier molecular flexibility index (Phi) is 4.88. The van der Waals surface area contributed by atoms with Crippen LogP contribution in [0.2, 0.25) is 0 Å². The molecule has 1 fully saturated rings. The lowest BCUT2D eigenvalue weighted by Gasteiger charge is -2.15. The quantitative estimate of drug-likeness (QED) is 0.828. The van der Waals surface area contributed by atoms with Crippen LogP contribution >= 0.6 is 0 Å². The van der Waals surface area contributed by atoms with Gasteiger partial charge in [-0.2, -0.15) is 9.40 Å². The average molecular weight is 351 g/mol. The predicted octanol–water partition coefficient (Wildman–Crippen LogP) is 0.705. The molecule has 0 amide bonds. The SMILES string of the molecule is CCS(=O)(=O)N1C[C@@H](O)[C@H](Oc2cnn(Cc3ccccc3)c2)C1. The first kappa shape index (κ1) is 16.9. The third-order valence-corrected chi connectivity index (χ3v) is 5.86.